The number of ether oxygens (including phenoxy) is 1. The molecule has 1 aliphatic rings. The number of nitrogens with zero attached hydrogens (tertiary/aromatic N) is 1. The molecule has 0 unspecified atom stereocenters. The number of carbonyl (C=O) groups excluding carboxylic acids is 1. The zero-order valence-corrected chi connectivity index (χ0v) is 12.8. The Bertz CT molecular complexity index is 654. The molecule has 1 saturated heterocycles. The number of rotatable bonds is 4. The predicted octanol–water partition coefficient (Wildman–Crippen LogP) is 3.41. The van der Waals surface area contributed by atoms with E-state index in [0.717, 1.165) is 11.0 Å². The average molecular weight is 343 g/mol. The molecule has 24 heavy (non-hydrogen) atoms. The van der Waals surface area contributed by atoms with Crippen molar-refractivity contribution in [3.8, 4) is 0 Å². The lowest BCUT2D eigenvalue weighted by molar-refractivity contribution is -0.137. The van der Waals surface area contributed by atoms with Gasteiger partial charge < -0.3 is 9.84 Å². The van der Waals surface area contributed by atoms with Crippen molar-refractivity contribution in [3.05, 3.63) is 47.3 Å². The number of amides is 1. The fourth-order valence-electron chi connectivity index (χ4n) is 2.84. The highest BCUT2D eigenvalue weighted by atomic mass is 19.1. The van der Waals surface area contributed by atoms with Crippen LogP contribution in [0.4, 0.5) is 18.0 Å². The van der Waals surface area contributed by atoms with E-state index in [1.807, 2.05) is 0 Å². The molecular weight excluding hydrogens is 327 g/mol. The highest BCUT2D eigenvalue weighted by molar-refractivity contribution is 5.82. The summed E-state index contributed by atoms with van der Waals surface area (Å²) in [6, 6.07) is -0.804. The number of benzene rings is 1. The minimum atomic E-state index is -1.39. The van der Waals surface area contributed by atoms with Gasteiger partial charge in [-0.15, -0.1) is 0 Å². The summed E-state index contributed by atoms with van der Waals surface area (Å²) in [6.45, 7) is 1.80. The van der Waals surface area contributed by atoms with E-state index in [-0.39, 0.29) is 19.4 Å². The molecule has 1 amide bonds. The van der Waals surface area contributed by atoms with Crippen molar-refractivity contribution in [1.82, 2.24) is 4.90 Å². The summed E-state index contributed by atoms with van der Waals surface area (Å²) in [5.74, 6) is -3.99. The lowest BCUT2D eigenvalue weighted by Crippen LogP contribution is -2.36. The number of carboxylic acid groups (broad SMARTS) is 1. The maximum Gasteiger partial charge on any atom is 0.408 e. The van der Waals surface area contributed by atoms with Crippen molar-refractivity contribution >= 4 is 12.1 Å². The van der Waals surface area contributed by atoms with Crippen LogP contribution in [0.2, 0.25) is 0 Å². The van der Waals surface area contributed by atoms with Crippen LogP contribution in [0, 0.1) is 17.5 Å². The molecule has 130 valence electrons. The average Bonchev–Trinajstić information content (AvgIpc) is 2.88. The van der Waals surface area contributed by atoms with Gasteiger partial charge in [0.2, 0.25) is 0 Å². The van der Waals surface area contributed by atoms with Crippen LogP contribution in [0.5, 0.6) is 0 Å². The van der Waals surface area contributed by atoms with Crippen LogP contribution in [0.25, 0.3) is 0 Å². The van der Waals surface area contributed by atoms with Crippen LogP contribution in [0.15, 0.2) is 24.3 Å². The summed E-state index contributed by atoms with van der Waals surface area (Å²) < 4.78 is 45.6. The first kappa shape index (κ1) is 17.8. The standard InChI is InChI=1S/C16H16F3NO4/c1-2-24-14(21)6-4-10-3-5-13(20(10)16(22)23)15-11(18)7-9(17)8-12(15)19/h4,6-8,10,13H,2-3,5H2,1H3,(H,22,23)/t10-,13+/m1/s1. The Balaban J connectivity index is 2.30. The molecule has 0 radical (unpaired) electrons. The molecule has 0 aromatic heterocycles. The van der Waals surface area contributed by atoms with Crippen LogP contribution in [-0.4, -0.2) is 34.7 Å². The molecule has 2 rings (SSSR count). The van der Waals surface area contributed by atoms with E-state index < -0.39 is 47.2 Å². The SMILES string of the molecule is CCOC(=O)C=C[C@H]1CC[C@@H](c2c(F)cc(F)cc2F)N1C(=O)O. The van der Waals surface area contributed by atoms with Gasteiger partial charge in [0.15, 0.2) is 0 Å². The smallest absolute Gasteiger partial charge is 0.408 e. The van der Waals surface area contributed by atoms with Crippen molar-refractivity contribution in [2.45, 2.75) is 31.8 Å². The van der Waals surface area contributed by atoms with Crippen LogP contribution in [-0.2, 0) is 9.53 Å². The number of likely N-dealkylation sites (tertiary alicyclic amines) is 1. The monoisotopic (exact) mass is 343 g/mol. The molecule has 8 heteroatoms. The predicted molar refractivity (Wildman–Crippen MR) is 77.7 cm³/mol. The molecule has 0 aliphatic carbocycles. The molecule has 1 N–H and O–H groups in total. The van der Waals surface area contributed by atoms with Crippen LogP contribution in [0.1, 0.15) is 31.4 Å². The van der Waals surface area contributed by atoms with Gasteiger partial charge in [0.05, 0.1) is 18.7 Å². The minimum absolute atomic E-state index is 0.142. The Morgan fingerprint density at radius 3 is 2.46 bits per heavy atom. The van der Waals surface area contributed by atoms with Crippen LogP contribution in [0.3, 0.4) is 0 Å². The van der Waals surface area contributed by atoms with E-state index in [4.69, 9.17) is 4.74 Å². The van der Waals surface area contributed by atoms with E-state index in [9.17, 15) is 27.9 Å². The molecule has 1 aromatic rings. The second kappa shape index (κ2) is 7.37. The van der Waals surface area contributed by atoms with Crippen LogP contribution >= 0.6 is 0 Å². The Hall–Kier alpha value is -2.51. The topological polar surface area (TPSA) is 66.8 Å². The van der Waals surface area contributed by atoms with E-state index in [0.29, 0.717) is 12.1 Å². The molecule has 0 spiro atoms. The van der Waals surface area contributed by atoms with E-state index in [2.05, 4.69) is 0 Å². The maximum atomic E-state index is 13.9. The highest BCUT2D eigenvalue weighted by Gasteiger charge is 2.39. The second-order valence-corrected chi connectivity index (χ2v) is 5.24. The largest absolute Gasteiger partial charge is 0.465 e. The van der Waals surface area contributed by atoms with Crippen molar-refractivity contribution < 1.29 is 32.6 Å². The van der Waals surface area contributed by atoms with Crippen molar-refractivity contribution in [3.63, 3.8) is 0 Å². The Labute approximate surface area is 136 Å². The second-order valence-electron chi connectivity index (χ2n) is 5.24. The molecular formula is C16H16F3NO4. The van der Waals surface area contributed by atoms with Gasteiger partial charge in [0, 0.05) is 23.8 Å². The first-order chi connectivity index (χ1) is 11.3. The molecule has 0 saturated carbocycles. The van der Waals surface area contributed by atoms with Crippen LogP contribution < -0.4 is 0 Å². The van der Waals surface area contributed by atoms with Crippen molar-refractivity contribution in [1.29, 1.82) is 0 Å². The van der Waals surface area contributed by atoms with E-state index in [1.165, 1.54) is 6.08 Å². The first-order valence-corrected chi connectivity index (χ1v) is 7.35. The number of esters is 1. The normalized spacial score (nSPS) is 20.6. The first-order valence-electron chi connectivity index (χ1n) is 7.35. The Kier molecular flexibility index (Phi) is 5.48. The molecule has 5 nitrogen and oxygen atoms in total. The number of carbonyl (C=O) groups is 2. The third kappa shape index (κ3) is 3.69. The molecule has 1 fully saturated rings. The fraction of sp³-hybridized carbons (Fsp3) is 0.375. The summed E-state index contributed by atoms with van der Waals surface area (Å²) in [5, 5.41) is 9.38. The summed E-state index contributed by atoms with van der Waals surface area (Å²) >= 11 is 0. The summed E-state index contributed by atoms with van der Waals surface area (Å²) in [5.41, 5.74) is -0.495. The Morgan fingerprint density at radius 1 is 1.29 bits per heavy atom. The highest BCUT2D eigenvalue weighted by Crippen LogP contribution is 2.39. The molecule has 0 bridgehead atoms. The Morgan fingerprint density at radius 2 is 1.92 bits per heavy atom. The zero-order chi connectivity index (χ0) is 17.9. The lowest BCUT2D eigenvalue weighted by Gasteiger charge is -2.26. The lowest BCUT2D eigenvalue weighted by atomic mass is 10.0. The number of hydrogen-bond acceptors (Lipinski definition) is 3. The third-order valence-corrected chi connectivity index (χ3v) is 3.77. The third-order valence-electron chi connectivity index (χ3n) is 3.77. The van der Waals surface area contributed by atoms with Gasteiger partial charge in [-0.25, -0.2) is 22.8 Å². The van der Waals surface area contributed by atoms with Gasteiger partial charge in [-0.1, -0.05) is 6.08 Å². The molecule has 1 aliphatic heterocycles. The molecule has 2 atom stereocenters. The zero-order valence-electron chi connectivity index (χ0n) is 12.8. The van der Waals surface area contributed by atoms with Gasteiger partial charge in [-0.3, -0.25) is 4.90 Å². The summed E-state index contributed by atoms with van der Waals surface area (Å²) in [7, 11) is 0. The quantitative estimate of drug-likeness (QED) is 0.672. The number of hydrogen-bond donors (Lipinski definition) is 1. The van der Waals surface area contributed by atoms with Crippen molar-refractivity contribution in [2.24, 2.45) is 0 Å². The van der Waals surface area contributed by atoms with E-state index in [1.54, 1.807) is 6.92 Å². The van der Waals surface area contributed by atoms with Gasteiger partial charge in [-0.05, 0) is 19.8 Å². The summed E-state index contributed by atoms with van der Waals surface area (Å²) in [6.07, 6.45) is 1.43. The molecule has 1 heterocycles. The van der Waals surface area contributed by atoms with Gasteiger partial charge >= 0.3 is 12.1 Å². The molecule has 1 aromatic carbocycles. The minimum Gasteiger partial charge on any atom is -0.465 e. The number of halogens is 3. The van der Waals surface area contributed by atoms with Gasteiger partial charge in [0.1, 0.15) is 17.5 Å². The van der Waals surface area contributed by atoms with Gasteiger partial charge in [-0.2, -0.15) is 0 Å². The maximum absolute atomic E-state index is 13.9. The fourth-order valence-corrected chi connectivity index (χ4v) is 2.84. The van der Waals surface area contributed by atoms with Crippen molar-refractivity contribution in [2.75, 3.05) is 6.61 Å². The van der Waals surface area contributed by atoms with E-state index >= 15 is 0 Å². The summed E-state index contributed by atoms with van der Waals surface area (Å²) in [4.78, 5) is 23.7. The van der Waals surface area contributed by atoms with Gasteiger partial charge in [0.25, 0.3) is 0 Å².